The molecular formula is C15H28N2O. The van der Waals surface area contributed by atoms with Crippen molar-refractivity contribution < 1.29 is 4.74 Å². The Morgan fingerprint density at radius 3 is 2.56 bits per heavy atom. The molecule has 0 radical (unpaired) electrons. The van der Waals surface area contributed by atoms with Crippen molar-refractivity contribution in [3.63, 3.8) is 0 Å². The molecule has 2 heterocycles. The average molecular weight is 252 g/mol. The molecular weight excluding hydrogens is 224 g/mol. The van der Waals surface area contributed by atoms with Crippen molar-refractivity contribution in [1.82, 2.24) is 4.90 Å². The van der Waals surface area contributed by atoms with Crippen LogP contribution in [0.4, 0.5) is 0 Å². The lowest BCUT2D eigenvalue weighted by atomic mass is 9.78. The fourth-order valence-corrected chi connectivity index (χ4v) is 4.30. The monoisotopic (exact) mass is 252 g/mol. The smallest absolute Gasteiger partial charge is 0.0707 e. The lowest BCUT2D eigenvalue weighted by Gasteiger charge is -2.45. The highest BCUT2D eigenvalue weighted by atomic mass is 16.5. The summed E-state index contributed by atoms with van der Waals surface area (Å²) in [7, 11) is 0. The van der Waals surface area contributed by atoms with E-state index in [0.717, 1.165) is 18.5 Å². The Morgan fingerprint density at radius 2 is 1.72 bits per heavy atom. The fourth-order valence-electron chi connectivity index (χ4n) is 4.30. The third-order valence-corrected chi connectivity index (χ3v) is 5.25. The Balaban J connectivity index is 1.55. The molecule has 2 saturated heterocycles. The van der Waals surface area contributed by atoms with E-state index in [4.69, 9.17) is 10.5 Å². The van der Waals surface area contributed by atoms with Crippen LogP contribution in [0.1, 0.15) is 51.4 Å². The van der Waals surface area contributed by atoms with Gasteiger partial charge in [-0.25, -0.2) is 0 Å². The summed E-state index contributed by atoms with van der Waals surface area (Å²) in [5.41, 5.74) is 5.70. The quantitative estimate of drug-likeness (QED) is 0.836. The minimum absolute atomic E-state index is 0.335. The highest BCUT2D eigenvalue weighted by molar-refractivity contribution is 4.89. The number of hydrogen-bond acceptors (Lipinski definition) is 3. The van der Waals surface area contributed by atoms with Crippen LogP contribution in [-0.2, 0) is 4.74 Å². The van der Waals surface area contributed by atoms with Gasteiger partial charge in [0.1, 0.15) is 0 Å². The van der Waals surface area contributed by atoms with Gasteiger partial charge in [-0.05, 0) is 51.0 Å². The standard InChI is InChI=1S/C15H28N2O/c16-10-13-7-8-14(18-13)11-17-9-3-5-12-4-1-2-6-15(12)17/h12-15H,1-11,16H2. The molecule has 1 aliphatic carbocycles. The first kappa shape index (κ1) is 12.9. The number of nitrogens with zero attached hydrogens (tertiary/aromatic N) is 1. The molecule has 4 atom stereocenters. The van der Waals surface area contributed by atoms with Gasteiger partial charge in [0.2, 0.25) is 0 Å². The maximum atomic E-state index is 6.03. The van der Waals surface area contributed by atoms with Gasteiger partial charge in [0.05, 0.1) is 12.2 Å². The van der Waals surface area contributed by atoms with Gasteiger partial charge in [-0.2, -0.15) is 0 Å². The van der Waals surface area contributed by atoms with Gasteiger partial charge in [0.25, 0.3) is 0 Å². The van der Waals surface area contributed by atoms with Crippen LogP contribution >= 0.6 is 0 Å². The van der Waals surface area contributed by atoms with Gasteiger partial charge in [0.15, 0.2) is 0 Å². The van der Waals surface area contributed by atoms with Gasteiger partial charge < -0.3 is 10.5 Å². The molecule has 0 aromatic carbocycles. The molecule has 3 heteroatoms. The fraction of sp³-hybridized carbons (Fsp3) is 1.00. The predicted octanol–water partition coefficient (Wildman–Crippen LogP) is 2.15. The second-order valence-corrected chi connectivity index (χ2v) is 6.44. The Morgan fingerprint density at radius 1 is 0.944 bits per heavy atom. The third kappa shape index (κ3) is 2.73. The summed E-state index contributed by atoms with van der Waals surface area (Å²) in [5.74, 6) is 0.985. The molecule has 0 bridgehead atoms. The summed E-state index contributed by atoms with van der Waals surface area (Å²) in [6.07, 6.45) is 11.8. The molecule has 104 valence electrons. The second kappa shape index (κ2) is 5.89. The third-order valence-electron chi connectivity index (χ3n) is 5.25. The van der Waals surface area contributed by atoms with E-state index in [1.807, 2.05) is 0 Å². The Bertz CT molecular complexity index is 269. The summed E-state index contributed by atoms with van der Waals surface area (Å²) in [6.45, 7) is 3.16. The van der Waals surface area contributed by atoms with Crippen LogP contribution in [0, 0.1) is 5.92 Å². The number of hydrogen-bond donors (Lipinski definition) is 1. The molecule has 1 saturated carbocycles. The van der Waals surface area contributed by atoms with Crippen LogP contribution in [0.15, 0.2) is 0 Å². The van der Waals surface area contributed by atoms with Gasteiger partial charge in [-0.3, -0.25) is 4.90 Å². The number of likely N-dealkylation sites (tertiary alicyclic amines) is 1. The maximum absolute atomic E-state index is 6.03. The molecule has 3 rings (SSSR count). The van der Waals surface area contributed by atoms with E-state index in [9.17, 15) is 0 Å². The summed E-state index contributed by atoms with van der Waals surface area (Å²) in [5, 5.41) is 0. The molecule has 2 aliphatic heterocycles. The zero-order valence-corrected chi connectivity index (χ0v) is 11.5. The minimum Gasteiger partial charge on any atom is -0.372 e. The normalized spacial score (nSPS) is 41.8. The van der Waals surface area contributed by atoms with E-state index in [0.29, 0.717) is 18.8 Å². The molecule has 18 heavy (non-hydrogen) atoms. The summed E-state index contributed by atoms with van der Waals surface area (Å²) in [4.78, 5) is 2.75. The maximum Gasteiger partial charge on any atom is 0.0707 e. The highest BCUT2D eigenvalue weighted by Crippen LogP contribution is 2.36. The predicted molar refractivity (Wildman–Crippen MR) is 73.5 cm³/mol. The van der Waals surface area contributed by atoms with Crippen molar-refractivity contribution in [3.8, 4) is 0 Å². The van der Waals surface area contributed by atoms with Gasteiger partial charge >= 0.3 is 0 Å². The van der Waals surface area contributed by atoms with Crippen LogP contribution in [-0.4, -0.2) is 42.8 Å². The molecule has 4 unspecified atom stereocenters. The first-order valence-corrected chi connectivity index (χ1v) is 7.96. The van der Waals surface area contributed by atoms with Crippen molar-refractivity contribution in [2.75, 3.05) is 19.6 Å². The van der Waals surface area contributed by atoms with Crippen molar-refractivity contribution in [1.29, 1.82) is 0 Å². The molecule has 0 aromatic heterocycles. The van der Waals surface area contributed by atoms with Crippen LogP contribution in [0.2, 0.25) is 0 Å². The SMILES string of the molecule is NCC1CCC(CN2CCCC3CCCCC32)O1. The molecule has 0 amide bonds. The first-order valence-electron chi connectivity index (χ1n) is 7.96. The molecule has 2 N–H and O–H groups in total. The zero-order chi connectivity index (χ0) is 12.4. The van der Waals surface area contributed by atoms with E-state index in [2.05, 4.69) is 4.90 Å². The summed E-state index contributed by atoms with van der Waals surface area (Å²) < 4.78 is 6.03. The second-order valence-electron chi connectivity index (χ2n) is 6.44. The van der Waals surface area contributed by atoms with E-state index in [1.54, 1.807) is 0 Å². The van der Waals surface area contributed by atoms with Crippen molar-refractivity contribution in [3.05, 3.63) is 0 Å². The summed E-state index contributed by atoms with van der Waals surface area (Å²) in [6, 6.07) is 0.869. The molecule has 3 aliphatic rings. The van der Waals surface area contributed by atoms with Crippen molar-refractivity contribution in [2.24, 2.45) is 11.7 Å². The number of nitrogens with two attached hydrogens (primary N) is 1. The van der Waals surface area contributed by atoms with Gasteiger partial charge in [0, 0.05) is 19.1 Å². The van der Waals surface area contributed by atoms with Crippen LogP contribution < -0.4 is 5.73 Å². The van der Waals surface area contributed by atoms with Crippen molar-refractivity contribution in [2.45, 2.75) is 69.6 Å². The number of fused-ring (bicyclic) bond motifs is 1. The van der Waals surface area contributed by atoms with Crippen LogP contribution in [0.3, 0.4) is 0 Å². The molecule has 3 nitrogen and oxygen atoms in total. The van der Waals surface area contributed by atoms with E-state index >= 15 is 0 Å². The van der Waals surface area contributed by atoms with E-state index in [-0.39, 0.29) is 0 Å². The number of piperidine rings is 1. The largest absolute Gasteiger partial charge is 0.372 e. The molecule has 0 aromatic rings. The molecule has 3 fully saturated rings. The van der Waals surface area contributed by atoms with E-state index in [1.165, 1.54) is 57.9 Å². The average Bonchev–Trinajstić information content (AvgIpc) is 2.87. The number of rotatable bonds is 3. The number of ether oxygens (including phenoxy) is 1. The van der Waals surface area contributed by atoms with Crippen molar-refractivity contribution >= 4 is 0 Å². The Kier molecular flexibility index (Phi) is 4.22. The Hall–Kier alpha value is -0.120. The lowest BCUT2D eigenvalue weighted by molar-refractivity contribution is -0.0106. The van der Waals surface area contributed by atoms with Gasteiger partial charge in [-0.1, -0.05) is 12.8 Å². The topological polar surface area (TPSA) is 38.5 Å². The zero-order valence-electron chi connectivity index (χ0n) is 11.5. The lowest BCUT2D eigenvalue weighted by Crippen LogP contribution is -2.49. The minimum atomic E-state index is 0.335. The highest BCUT2D eigenvalue weighted by Gasteiger charge is 2.35. The Labute approximate surface area is 111 Å². The first-order chi connectivity index (χ1) is 8.86. The summed E-state index contributed by atoms with van der Waals surface area (Å²) >= 11 is 0. The van der Waals surface area contributed by atoms with Gasteiger partial charge in [-0.15, -0.1) is 0 Å². The van der Waals surface area contributed by atoms with E-state index < -0.39 is 0 Å². The van der Waals surface area contributed by atoms with Crippen LogP contribution in [0.25, 0.3) is 0 Å². The molecule has 0 spiro atoms. The van der Waals surface area contributed by atoms with Crippen LogP contribution in [0.5, 0.6) is 0 Å².